The Hall–Kier alpha value is -1.37. The van der Waals surface area contributed by atoms with Crippen LogP contribution in [0.15, 0.2) is 42.5 Å². The number of hydrogen-bond donors (Lipinski definition) is 0. The molecule has 0 spiro atoms. The minimum Gasteiger partial charge on any atom is -0.207 e. The Morgan fingerprint density at radius 3 is 2.27 bits per heavy atom. The molecule has 2 rings (SSSR count). The van der Waals surface area contributed by atoms with E-state index in [4.69, 9.17) is 0 Å². The van der Waals surface area contributed by atoms with Gasteiger partial charge in [0.1, 0.15) is 5.82 Å². The van der Waals surface area contributed by atoms with Crippen molar-refractivity contribution in [3.8, 4) is 11.1 Å². The van der Waals surface area contributed by atoms with Gasteiger partial charge in [-0.15, -0.1) is 0 Å². The second kappa shape index (κ2) is 2.35. The molecule has 11 heavy (non-hydrogen) atoms. The van der Waals surface area contributed by atoms with Crippen LogP contribution in [-0.4, -0.2) is 0 Å². The predicted octanol–water partition coefficient (Wildman–Crippen LogP) is 2.93. The van der Waals surface area contributed by atoms with Crippen LogP contribution in [0.4, 0.5) is 4.39 Å². The Morgan fingerprint density at radius 1 is 0.818 bits per heavy atom. The Morgan fingerprint density at radius 2 is 1.45 bits per heavy atom. The van der Waals surface area contributed by atoms with Crippen LogP contribution in [0.25, 0.3) is 11.1 Å². The van der Waals surface area contributed by atoms with E-state index in [2.05, 4.69) is 0 Å². The van der Waals surface area contributed by atoms with Crippen molar-refractivity contribution in [2.45, 2.75) is 0 Å². The van der Waals surface area contributed by atoms with Crippen molar-refractivity contribution in [1.82, 2.24) is 0 Å². The Labute approximate surface area is 64.6 Å². The summed E-state index contributed by atoms with van der Waals surface area (Å²) in [6, 6.07) is 12.4. The first-order valence-corrected chi connectivity index (χ1v) is 3.50. The second-order valence-corrected chi connectivity index (χ2v) is 2.49. The fourth-order valence-corrected chi connectivity index (χ4v) is 1.17. The lowest BCUT2D eigenvalue weighted by atomic mass is 10.2. The summed E-state index contributed by atoms with van der Waals surface area (Å²) >= 11 is 0. The highest BCUT2D eigenvalue weighted by Crippen LogP contribution is 2.21. The Bertz CT molecular complexity index is 341. The zero-order chi connectivity index (χ0) is 7.68. The van der Waals surface area contributed by atoms with Crippen LogP contribution in [-0.2, 0) is 0 Å². The van der Waals surface area contributed by atoms with Crippen molar-refractivity contribution in [2.24, 2.45) is 0 Å². The quantitative estimate of drug-likeness (QED) is 0.536. The molecular weight excluding hydrogens is 139 g/mol. The lowest BCUT2D eigenvalue weighted by Crippen LogP contribution is -1.64. The van der Waals surface area contributed by atoms with Crippen molar-refractivity contribution in [1.29, 1.82) is 0 Å². The van der Waals surface area contributed by atoms with Gasteiger partial charge in [0.2, 0.25) is 0 Å². The van der Waals surface area contributed by atoms with Gasteiger partial charge in [0.05, 0.1) is 0 Å². The molecule has 0 fully saturated rings. The van der Waals surface area contributed by atoms with Crippen LogP contribution in [0, 0.1) is 5.82 Å². The van der Waals surface area contributed by atoms with Gasteiger partial charge >= 0.3 is 0 Å². The van der Waals surface area contributed by atoms with E-state index in [1.807, 2.05) is 24.3 Å². The van der Waals surface area contributed by atoms with Crippen molar-refractivity contribution >= 4 is 0 Å². The summed E-state index contributed by atoms with van der Waals surface area (Å²) in [4.78, 5) is 0. The number of rotatable bonds is 0. The van der Waals surface area contributed by atoms with Crippen molar-refractivity contribution in [2.75, 3.05) is 0 Å². The van der Waals surface area contributed by atoms with Gasteiger partial charge in [-0.1, -0.05) is 30.3 Å². The predicted molar refractivity (Wildman–Crippen MR) is 43.0 cm³/mol. The van der Waals surface area contributed by atoms with E-state index in [0.717, 1.165) is 11.1 Å². The van der Waals surface area contributed by atoms with Gasteiger partial charge < -0.3 is 0 Å². The molecule has 0 bridgehead atoms. The highest BCUT2D eigenvalue weighted by atomic mass is 19.1. The topological polar surface area (TPSA) is 0 Å². The molecule has 0 N–H and O–H groups in total. The first-order chi connectivity index (χ1) is 5.36. The molecule has 0 heterocycles. The average molecular weight is 146 g/mol. The molecule has 0 atom stereocenters. The maximum absolute atomic E-state index is 12.8. The SMILES string of the molecule is Fc1cccc2cccc-2c1. The molecule has 0 nitrogen and oxygen atoms in total. The zero-order valence-electron chi connectivity index (χ0n) is 5.92. The molecule has 2 aliphatic rings. The van der Waals surface area contributed by atoms with Gasteiger partial charge in [0, 0.05) is 0 Å². The summed E-state index contributed by atoms with van der Waals surface area (Å²) < 4.78 is 12.8. The molecule has 0 saturated heterocycles. The molecule has 0 aromatic heterocycles. The van der Waals surface area contributed by atoms with Gasteiger partial charge in [-0.25, -0.2) is 4.39 Å². The van der Waals surface area contributed by atoms with E-state index >= 15 is 0 Å². The fourth-order valence-electron chi connectivity index (χ4n) is 1.17. The van der Waals surface area contributed by atoms with E-state index in [9.17, 15) is 4.39 Å². The van der Waals surface area contributed by atoms with E-state index in [-0.39, 0.29) is 5.82 Å². The van der Waals surface area contributed by atoms with Crippen LogP contribution in [0.1, 0.15) is 0 Å². The first-order valence-electron chi connectivity index (χ1n) is 3.50. The summed E-state index contributed by atoms with van der Waals surface area (Å²) in [7, 11) is 0. The van der Waals surface area contributed by atoms with E-state index < -0.39 is 0 Å². The number of hydrogen-bond acceptors (Lipinski definition) is 0. The molecule has 2 aliphatic carbocycles. The molecule has 1 heteroatoms. The lowest BCUT2D eigenvalue weighted by molar-refractivity contribution is 0.629. The summed E-state index contributed by atoms with van der Waals surface area (Å²) in [5.74, 6) is -0.189. The van der Waals surface area contributed by atoms with Crippen LogP contribution in [0.2, 0.25) is 0 Å². The molecule has 0 amide bonds. The summed E-state index contributed by atoms with van der Waals surface area (Å²) in [5.41, 5.74) is 2.03. The summed E-state index contributed by atoms with van der Waals surface area (Å²) in [6.45, 7) is 0. The van der Waals surface area contributed by atoms with Crippen LogP contribution in [0.5, 0.6) is 0 Å². The first kappa shape index (κ1) is 6.35. The van der Waals surface area contributed by atoms with Gasteiger partial charge in [0.25, 0.3) is 0 Å². The summed E-state index contributed by atoms with van der Waals surface area (Å²) in [6.07, 6.45) is 0. The van der Waals surface area contributed by atoms with Crippen molar-refractivity contribution in [3.05, 3.63) is 48.3 Å². The van der Waals surface area contributed by atoms with Gasteiger partial charge in [-0.05, 0) is 23.3 Å². The number of halogens is 1. The van der Waals surface area contributed by atoms with Crippen molar-refractivity contribution in [3.63, 3.8) is 0 Å². The zero-order valence-corrected chi connectivity index (χ0v) is 5.92. The highest BCUT2D eigenvalue weighted by Gasteiger charge is 1.98. The summed E-state index contributed by atoms with van der Waals surface area (Å²) in [5, 5.41) is 0. The average Bonchev–Trinajstić information content (AvgIpc) is 2.31. The van der Waals surface area contributed by atoms with E-state index in [1.54, 1.807) is 6.07 Å². The van der Waals surface area contributed by atoms with Gasteiger partial charge in [-0.3, -0.25) is 0 Å². The number of fused-ring (bicyclic) bond motifs is 1. The normalized spacial score (nSPS) is 10.3. The second-order valence-electron chi connectivity index (χ2n) is 2.49. The minimum absolute atomic E-state index is 0.189. The third-order valence-electron chi connectivity index (χ3n) is 1.71. The third-order valence-corrected chi connectivity index (χ3v) is 1.71. The third kappa shape index (κ3) is 1.09. The standard InChI is InChI=1S/C10H7F/c11-10-6-2-4-8-3-1-5-9(8)7-10/h1-7H. The molecule has 54 valence electrons. The van der Waals surface area contributed by atoms with Gasteiger partial charge in [0.15, 0.2) is 0 Å². The molecule has 0 saturated carbocycles. The monoisotopic (exact) mass is 146 g/mol. The largest absolute Gasteiger partial charge is 0.207 e. The van der Waals surface area contributed by atoms with E-state index in [0.29, 0.717) is 0 Å². The molecule has 0 radical (unpaired) electrons. The maximum atomic E-state index is 12.8. The Balaban J connectivity index is 2.73. The van der Waals surface area contributed by atoms with Crippen LogP contribution < -0.4 is 0 Å². The van der Waals surface area contributed by atoms with Crippen LogP contribution >= 0.6 is 0 Å². The van der Waals surface area contributed by atoms with E-state index in [1.165, 1.54) is 12.1 Å². The molecule has 0 unspecified atom stereocenters. The lowest BCUT2D eigenvalue weighted by Gasteiger charge is -1.86. The molecular formula is C10H7F. The van der Waals surface area contributed by atoms with Crippen LogP contribution in [0.3, 0.4) is 0 Å². The van der Waals surface area contributed by atoms with Crippen molar-refractivity contribution < 1.29 is 4.39 Å². The molecule has 0 aliphatic heterocycles. The Kier molecular flexibility index (Phi) is 1.35. The molecule has 0 aromatic rings. The maximum Gasteiger partial charge on any atom is 0.123 e. The smallest absolute Gasteiger partial charge is 0.123 e. The molecule has 0 aromatic carbocycles. The fraction of sp³-hybridized carbons (Fsp3) is 0. The van der Waals surface area contributed by atoms with Gasteiger partial charge in [-0.2, -0.15) is 0 Å². The minimum atomic E-state index is -0.189. The highest BCUT2D eigenvalue weighted by molar-refractivity contribution is 5.65.